The summed E-state index contributed by atoms with van der Waals surface area (Å²) in [6, 6.07) is 13.0. The van der Waals surface area contributed by atoms with E-state index in [2.05, 4.69) is 42.4 Å². The molecule has 1 amide bonds. The van der Waals surface area contributed by atoms with Gasteiger partial charge in [0, 0.05) is 17.4 Å². The Morgan fingerprint density at radius 2 is 1.75 bits per heavy atom. The lowest BCUT2D eigenvalue weighted by Gasteiger charge is -2.07. The van der Waals surface area contributed by atoms with Crippen molar-refractivity contribution in [2.45, 2.75) is 0 Å². The van der Waals surface area contributed by atoms with Crippen LogP contribution in [0.5, 0.6) is 5.75 Å². The zero-order chi connectivity index (χ0) is 20.3. The number of carboxylic acids is 1. The lowest BCUT2D eigenvalue weighted by molar-refractivity contribution is 0.0696. The predicted molar refractivity (Wildman–Crippen MR) is 111 cm³/mol. The van der Waals surface area contributed by atoms with Crippen LogP contribution < -0.4 is 5.43 Å². The monoisotopic (exact) mass is 505 g/mol. The quantitative estimate of drug-likeness (QED) is 0.357. The number of carboxylic acid groups (broad SMARTS) is 1. The zero-order valence-electron chi connectivity index (χ0n) is 14.1. The van der Waals surface area contributed by atoms with Gasteiger partial charge in [0.05, 0.1) is 26.4 Å². The molecule has 0 bridgehead atoms. The lowest BCUT2D eigenvalue weighted by atomic mass is 10.2. The average Bonchev–Trinajstić information content (AvgIpc) is 3.14. The lowest BCUT2D eigenvalue weighted by Crippen LogP contribution is -2.18. The molecule has 0 atom stereocenters. The Kier molecular flexibility index (Phi) is 5.96. The second-order valence-electron chi connectivity index (χ2n) is 5.65. The SMILES string of the molecule is O=C(O)c1cccc(-n2cccc2/C=N\NC(=O)c2cc(Br)c(O)c(Br)c2)c1. The molecular weight excluding hydrogens is 494 g/mol. The van der Waals surface area contributed by atoms with E-state index in [4.69, 9.17) is 5.11 Å². The predicted octanol–water partition coefficient (Wildman–Crippen LogP) is 4.17. The third-order valence-corrected chi connectivity index (χ3v) is 5.00. The molecule has 142 valence electrons. The molecule has 3 rings (SSSR count). The van der Waals surface area contributed by atoms with Crippen molar-refractivity contribution in [2.75, 3.05) is 0 Å². The van der Waals surface area contributed by atoms with Crippen molar-refractivity contribution in [3.63, 3.8) is 0 Å². The van der Waals surface area contributed by atoms with E-state index in [1.165, 1.54) is 24.4 Å². The number of hydrogen-bond donors (Lipinski definition) is 3. The van der Waals surface area contributed by atoms with E-state index >= 15 is 0 Å². The summed E-state index contributed by atoms with van der Waals surface area (Å²) in [7, 11) is 0. The molecule has 1 aromatic heterocycles. The van der Waals surface area contributed by atoms with Crippen LogP contribution in [0.3, 0.4) is 0 Å². The van der Waals surface area contributed by atoms with Gasteiger partial charge in [0.25, 0.3) is 5.91 Å². The number of benzene rings is 2. The highest BCUT2D eigenvalue weighted by Gasteiger charge is 2.11. The Hall–Kier alpha value is -2.91. The van der Waals surface area contributed by atoms with Crippen molar-refractivity contribution in [3.05, 3.63) is 80.5 Å². The molecule has 0 fully saturated rings. The topological polar surface area (TPSA) is 104 Å². The minimum absolute atomic E-state index is 0.00136. The van der Waals surface area contributed by atoms with Crippen molar-refractivity contribution >= 4 is 50.0 Å². The number of aromatic carboxylic acids is 1. The van der Waals surface area contributed by atoms with Gasteiger partial charge in [0.1, 0.15) is 5.75 Å². The number of phenolic OH excluding ortho intramolecular Hbond substituents is 1. The smallest absolute Gasteiger partial charge is 0.335 e. The van der Waals surface area contributed by atoms with E-state index in [-0.39, 0.29) is 11.3 Å². The highest BCUT2D eigenvalue weighted by Crippen LogP contribution is 2.33. The highest BCUT2D eigenvalue weighted by molar-refractivity contribution is 9.11. The second kappa shape index (κ2) is 8.41. The van der Waals surface area contributed by atoms with Crippen molar-refractivity contribution in [3.8, 4) is 11.4 Å². The number of carbonyl (C=O) groups excluding carboxylic acids is 1. The molecule has 28 heavy (non-hydrogen) atoms. The van der Waals surface area contributed by atoms with Gasteiger partial charge in [0.15, 0.2) is 0 Å². The summed E-state index contributed by atoms with van der Waals surface area (Å²) in [5.74, 6) is -1.46. The number of hydrazone groups is 1. The summed E-state index contributed by atoms with van der Waals surface area (Å²) in [6.45, 7) is 0. The number of nitrogens with zero attached hydrogens (tertiary/aromatic N) is 2. The van der Waals surface area contributed by atoms with E-state index in [0.29, 0.717) is 25.9 Å². The van der Waals surface area contributed by atoms with E-state index in [9.17, 15) is 14.7 Å². The van der Waals surface area contributed by atoms with E-state index in [1.807, 2.05) is 0 Å². The number of aromatic hydroxyl groups is 1. The van der Waals surface area contributed by atoms with Crippen LogP contribution in [0.1, 0.15) is 26.4 Å². The summed E-state index contributed by atoms with van der Waals surface area (Å²) >= 11 is 6.35. The molecule has 9 heteroatoms. The molecule has 0 aliphatic rings. The Morgan fingerprint density at radius 3 is 2.43 bits per heavy atom. The van der Waals surface area contributed by atoms with Crippen LogP contribution >= 0.6 is 31.9 Å². The van der Waals surface area contributed by atoms with E-state index in [0.717, 1.165) is 0 Å². The molecular formula is C19H13Br2N3O4. The number of phenols is 1. The zero-order valence-corrected chi connectivity index (χ0v) is 17.3. The molecule has 1 heterocycles. The first-order valence-electron chi connectivity index (χ1n) is 7.89. The normalized spacial score (nSPS) is 10.9. The van der Waals surface area contributed by atoms with Crippen LogP contribution in [-0.4, -0.2) is 32.9 Å². The maximum atomic E-state index is 12.2. The molecule has 3 N–H and O–H groups in total. The van der Waals surface area contributed by atoms with Crippen molar-refractivity contribution < 1.29 is 19.8 Å². The van der Waals surface area contributed by atoms with Crippen molar-refractivity contribution in [1.29, 1.82) is 0 Å². The van der Waals surface area contributed by atoms with Crippen LogP contribution in [0.15, 0.2) is 68.8 Å². The van der Waals surface area contributed by atoms with Gasteiger partial charge >= 0.3 is 5.97 Å². The standard InChI is InChI=1S/C19H13Br2N3O4/c20-15-8-12(9-16(21)17(15)25)18(26)23-22-10-14-5-2-6-24(14)13-4-1-3-11(7-13)19(27)28/h1-10,25H,(H,23,26)(H,27,28)/b22-10-. The fourth-order valence-electron chi connectivity index (χ4n) is 2.44. The first-order chi connectivity index (χ1) is 13.4. The van der Waals surface area contributed by atoms with Gasteiger partial charge in [-0.2, -0.15) is 5.10 Å². The van der Waals surface area contributed by atoms with Crippen LogP contribution in [0.4, 0.5) is 0 Å². The van der Waals surface area contributed by atoms with Crippen molar-refractivity contribution in [1.82, 2.24) is 9.99 Å². The van der Waals surface area contributed by atoms with Gasteiger partial charge in [0.2, 0.25) is 0 Å². The third-order valence-electron chi connectivity index (χ3n) is 3.79. The van der Waals surface area contributed by atoms with E-state index < -0.39 is 11.9 Å². The summed E-state index contributed by atoms with van der Waals surface area (Å²) in [5, 5.41) is 22.8. The summed E-state index contributed by atoms with van der Waals surface area (Å²) in [6.07, 6.45) is 3.22. The van der Waals surface area contributed by atoms with Crippen LogP contribution in [0.25, 0.3) is 5.69 Å². The summed E-state index contributed by atoms with van der Waals surface area (Å²) in [4.78, 5) is 23.4. The minimum Gasteiger partial charge on any atom is -0.506 e. The molecule has 0 unspecified atom stereocenters. The van der Waals surface area contributed by atoms with Gasteiger partial charge in [-0.05, 0) is 74.3 Å². The molecule has 0 saturated carbocycles. The van der Waals surface area contributed by atoms with Crippen LogP contribution in [0.2, 0.25) is 0 Å². The Balaban J connectivity index is 1.78. The second-order valence-corrected chi connectivity index (χ2v) is 7.35. The molecule has 0 saturated heterocycles. The third kappa shape index (κ3) is 4.32. The molecule has 2 aromatic carbocycles. The highest BCUT2D eigenvalue weighted by atomic mass is 79.9. The number of nitrogens with one attached hydrogen (secondary N) is 1. The van der Waals surface area contributed by atoms with Gasteiger partial charge < -0.3 is 14.8 Å². The van der Waals surface area contributed by atoms with E-state index in [1.54, 1.807) is 41.1 Å². The number of aromatic nitrogens is 1. The largest absolute Gasteiger partial charge is 0.506 e. The van der Waals surface area contributed by atoms with Gasteiger partial charge in [-0.1, -0.05) is 6.07 Å². The maximum absolute atomic E-state index is 12.2. The minimum atomic E-state index is -1.01. The first kappa shape index (κ1) is 19.8. The number of halogens is 2. The van der Waals surface area contributed by atoms with Gasteiger partial charge in [-0.25, -0.2) is 10.2 Å². The molecule has 0 radical (unpaired) electrons. The Morgan fingerprint density at radius 1 is 1.04 bits per heavy atom. The average molecular weight is 507 g/mol. The number of amides is 1. The summed E-state index contributed by atoms with van der Waals surface area (Å²) < 4.78 is 2.50. The molecule has 0 aliphatic heterocycles. The van der Waals surface area contributed by atoms with Crippen LogP contribution in [-0.2, 0) is 0 Å². The number of rotatable bonds is 5. The maximum Gasteiger partial charge on any atom is 0.335 e. The number of hydrogen-bond acceptors (Lipinski definition) is 4. The summed E-state index contributed by atoms with van der Waals surface area (Å²) in [5.41, 5.74) is 4.20. The van der Waals surface area contributed by atoms with Gasteiger partial charge in [-0.15, -0.1) is 0 Å². The number of carbonyl (C=O) groups is 2. The fourth-order valence-corrected chi connectivity index (χ4v) is 3.63. The van der Waals surface area contributed by atoms with Gasteiger partial charge in [-0.3, -0.25) is 4.79 Å². The Bertz CT molecular complexity index is 1070. The molecule has 0 aliphatic carbocycles. The fraction of sp³-hybridized carbons (Fsp3) is 0. The van der Waals surface area contributed by atoms with Crippen molar-refractivity contribution in [2.24, 2.45) is 5.10 Å². The first-order valence-corrected chi connectivity index (χ1v) is 9.48. The van der Waals surface area contributed by atoms with Crippen LogP contribution in [0, 0.1) is 0 Å². The molecule has 0 spiro atoms. The molecule has 7 nitrogen and oxygen atoms in total. The molecule has 3 aromatic rings. The Labute approximate surface area is 176 Å².